The second kappa shape index (κ2) is 10.7. The quantitative estimate of drug-likeness (QED) is 0.202. The summed E-state index contributed by atoms with van der Waals surface area (Å²) in [7, 11) is -4.36. The van der Waals surface area contributed by atoms with Crippen LogP contribution in [0.2, 0.25) is 0 Å². The molecule has 3 N–H and O–H groups in total. The van der Waals surface area contributed by atoms with Gasteiger partial charge in [0.2, 0.25) is 5.91 Å². The molecule has 0 bridgehead atoms. The number of anilines is 1. The number of fused-ring (bicyclic) bond motifs is 1. The van der Waals surface area contributed by atoms with Crippen LogP contribution in [-0.2, 0) is 26.4 Å². The second-order valence-corrected chi connectivity index (χ2v) is 13.5. The number of carbonyl (C=O) groups is 1. The number of carbonyl (C=O) groups excluding carboxylic acids is 1. The van der Waals surface area contributed by atoms with Gasteiger partial charge in [-0.15, -0.1) is 11.3 Å². The molecule has 2 aromatic carbocycles. The number of hydrogen-bond acceptors (Lipinski definition) is 5. The molecular weight excluding hydrogens is 519 g/mol. The van der Waals surface area contributed by atoms with Gasteiger partial charge in [0, 0.05) is 22.4 Å². The van der Waals surface area contributed by atoms with Gasteiger partial charge in [-0.25, -0.2) is 9.97 Å². The molecule has 0 aliphatic rings. The van der Waals surface area contributed by atoms with Crippen LogP contribution < -0.4 is 5.32 Å². The van der Waals surface area contributed by atoms with Crippen molar-refractivity contribution >= 4 is 41.6 Å². The van der Waals surface area contributed by atoms with Crippen molar-refractivity contribution in [2.45, 2.75) is 70.9 Å². The first kappa shape index (κ1) is 28.2. The Morgan fingerprint density at radius 3 is 2.32 bits per heavy atom. The topological polar surface area (TPSA) is 117 Å². The van der Waals surface area contributed by atoms with Gasteiger partial charge in [0.05, 0.1) is 21.9 Å². The van der Waals surface area contributed by atoms with Crippen LogP contribution in [0.5, 0.6) is 0 Å². The molecule has 10 heteroatoms. The molecule has 0 atom stereocenters. The van der Waals surface area contributed by atoms with Crippen molar-refractivity contribution in [3.05, 3.63) is 71.0 Å². The van der Waals surface area contributed by atoms with E-state index in [1.165, 1.54) is 0 Å². The smallest absolute Gasteiger partial charge is 0.326 e. The Hall–Kier alpha value is -2.84. The van der Waals surface area contributed by atoms with E-state index in [-0.39, 0.29) is 17.7 Å². The zero-order chi connectivity index (χ0) is 27.7. The number of hydrogen-bond donors (Lipinski definition) is 3. The highest BCUT2D eigenvalue weighted by atomic mass is 32.1. The van der Waals surface area contributed by atoms with Gasteiger partial charge in [0.1, 0.15) is 6.33 Å². The Balaban J connectivity index is 1.50. The number of amides is 1. The Kier molecular flexibility index (Phi) is 7.96. The minimum Gasteiger partial charge on any atom is -0.326 e. The number of aryl methyl sites for hydroxylation is 1. The predicted octanol–water partition coefficient (Wildman–Crippen LogP) is 6.54. The number of aromatic nitrogens is 3. The zero-order valence-corrected chi connectivity index (χ0v) is 24.1. The summed E-state index contributed by atoms with van der Waals surface area (Å²) >= 11 is 1.58. The van der Waals surface area contributed by atoms with Gasteiger partial charge in [0.25, 0.3) is 0 Å². The van der Waals surface area contributed by atoms with Crippen LogP contribution in [0.25, 0.3) is 16.2 Å². The molecule has 2 heterocycles. The van der Waals surface area contributed by atoms with Crippen LogP contribution in [0.15, 0.2) is 54.9 Å². The lowest BCUT2D eigenvalue weighted by Crippen LogP contribution is -2.24. The molecule has 1 amide bonds. The zero-order valence-electron chi connectivity index (χ0n) is 22.4. The van der Waals surface area contributed by atoms with Crippen molar-refractivity contribution in [1.82, 2.24) is 14.5 Å². The van der Waals surface area contributed by atoms with Crippen LogP contribution in [0.1, 0.15) is 70.0 Å². The van der Waals surface area contributed by atoms with Crippen LogP contribution in [0.4, 0.5) is 5.69 Å². The molecular formula is C28H35N4O4PS. The summed E-state index contributed by atoms with van der Waals surface area (Å²) in [6.45, 7) is 9.92. The predicted molar refractivity (Wildman–Crippen MR) is 153 cm³/mol. The van der Waals surface area contributed by atoms with E-state index in [1.54, 1.807) is 55.8 Å². The lowest BCUT2D eigenvalue weighted by Gasteiger charge is -2.33. The summed E-state index contributed by atoms with van der Waals surface area (Å²) in [5.41, 5.74) is 3.85. The molecule has 38 heavy (non-hydrogen) atoms. The number of nitrogens with one attached hydrogen (secondary N) is 1. The SMILES string of the molecule is CCC(CC)(c1ccc(NC(=O)CCc2sc(-n3cnc4ccccc43)nc2C(C)(C)C)cc1)P(=O)(O)O. The van der Waals surface area contributed by atoms with Gasteiger partial charge in [-0.1, -0.05) is 58.9 Å². The number of para-hydroxylation sites is 2. The van der Waals surface area contributed by atoms with Gasteiger partial charge < -0.3 is 15.1 Å². The van der Waals surface area contributed by atoms with E-state index in [2.05, 4.69) is 31.1 Å². The largest absolute Gasteiger partial charge is 0.335 e. The third-order valence-corrected chi connectivity index (χ3v) is 10.2. The normalized spacial score (nSPS) is 12.7. The molecule has 4 aromatic rings. The molecule has 0 saturated heterocycles. The fraction of sp³-hybridized carbons (Fsp3) is 0.393. The molecule has 4 rings (SSSR count). The average Bonchev–Trinajstić information content (AvgIpc) is 3.48. The summed E-state index contributed by atoms with van der Waals surface area (Å²) < 4.78 is 14.2. The average molecular weight is 555 g/mol. The number of imidazole rings is 1. The van der Waals surface area contributed by atoms with Crippen LogP contribution in [0.3, 0.4) is 0 Å². The Bertz CT molecular complexity index is 1480. The van der Waals surface area contributed by atoms with Crippen molar-refractivity contribution in [3.63, 3.8) is 0 Å². The first-order chi connectivity index (χ1) is 17.9. The lowest BCUT2D eigenvalue weighted by molar-refractivity contribution is -0.116. The van der Waals surface area contributed by atoms with E-state index in [1.807, 2.05) is 28.8 Å². The number of benzene rings is 2. The van der Waals surface area contributed by atoms with Crippen LogP contribution >= 0.6 is 18.9 Å². The van der Waals surface area contributed by atoms with E-state index in [4.69, 9.17) is 4.98 Å². The van der Waals surface area contributed by atoms with Gasteiger partial charge in [-0.3, -0.25) is 13.9 Å². The van der Waals surface area contributed by atoms with E-state index >= 15 is 0 Å². The molecule has 0 radical (unpaired) electrons. The van der Waals surface area contributed by atoms with Gasteiger partial charge in [-0.2, -0.15) is 0 Å². The number of nitrogens with zero attached hydrogens (tertiary/aromatic N) is 3. The van der Waals surface area contributed by atoms with E-state index < -0.39 is 12.8 Å². The maximum atomic E-state index is 12.8. The minimum absolute atomic E-state index is 0.132. The highest BCUT2D eigenvalue weighted by Crippen LogP contribution is 2.60. The lowest BCUT2D eigenvalue weighted by atomic mass is 9.90. The Morgan fingerprint density at radius 2 is 1.71 bits per heavy atom. The standard InChI is InChI=1S/C28H35N4O4PS/c1-6-28(7-2,37(34,35)36)19-12-14-20(15-13-19)30-24(33)17-16-23-25(27(3,4)5)31-26(38-23)32-18-29-21-10-8-9-11-22(21)32/h8-15,18H,6-7,16-17H2,1-5H3,(H,30,33)(H2,34,35,36). The summed E-state index contributed by atoms with van der Waals surface area (Å²) in [5, 5.41) is 2.53. The third kappa shape index (κ3) is 5.47. The van der Waals surface area contributed by atoms with Crippen molar-refractivity contribution in [3.8, 4) is 5.13 Å². The van der Waals surface area contributed by atoms with Gasteiger partial charge in [0.15, 0.2) is 5.13 Å². The van der Waals surface area contributed by atoms with E-state index in [9.17, 15) is 19.1 Å². The highest BCUT2D eigenvalue weighted by molar-refractivity contribution is 7.53. The van der Waals surface area contributed by atoms with Crippen molar-refractivity contribution in [2.24, 2.45) is 0 Å². The molecule has 0 unspecified atom stereocenters. The van der Waals surface area contributed by atoms with Gasteiger partial charge in [-0.05, 0) is 49.1 Å². The van der Waals surface area contributed by atoms with Crippen molar-refractivity contribution in [2.75, 3.05) is 5.32 Å². The molecule has 0 aliphatic carbocycles. The molecule has 202 valence electrons. The van der Waals surface area contributed by atoms with E-state index in [0.29, 0.717) is 30.5 Å². The number of rotatable bonds is 9. The highest BCUT2D eigenvalue weighted by Gasteiger charge is 2.45. The van der Waals surface area contributed by atoms with Crippen LogP contribution in [0, 0.1) is 0 Å². The summed E-state index contributed by atoms with van der Waals surface area (Å²) in [6, 6.07) is 14.7. The molecule has 2 aromatic heterocycles. The first-order valence-electron chi connectivity index (χ1n) is 12.8. The summed E-state index contributed by atoms with van der Waals surface area (Å²) in [5.74, 6) is -0.132. The summed E-state index contributed by atoms with van der Waals surface area (Å²) in [6.07, 6.45) is 3.26. The Labute approximate surface area is 227 Å². The fourth-order valence-electron chi connectivity index (χ4n) is 4.86. The van der Waals surface area contributed by atoms with Crippen molar-refractivity contribution in [1.29, 1.82) is 0 Å². The van der Waals surface area contributed by atoms with E-state index in [0.717, 1.165) is 26.7 Å². The third-order valence-electron chi connectivity index (χ3n) is 7.07. The maximum absolute atomic E-state index is 12.8. The molecule has 0 aliphatic heterocycles. The minimum atomic E-state index is -4.36. The molecule has 8 nitrogen and oxygen atoms in total. The monoisotopic (exact) mass is 554 g/mol. The van der Waals surface area contributed by atoms with Crippen LogP contribution in [-0.4, -0.2) is 30.2 Å². The summed E-state index contributed by atoms with van der Waals surface area (Å²) in [4.78, 5) is 43.3. The Morgan fingerprint density at radius 1 is 1.05 bits per heavy atom. The fourth-order valence-corrected chi connectivity index (χ4v) is 7.43. The van der Waals surface area contributed by atoms with Gasteiger partial charge >= 0.3 is 7.60 Å². The van der Waals surface area contributed by atoms with Crippen molar-refractivity contribution < 1.29 is 19.1 Å². The first-order valence-corrected chi connectivity index (χ1v) is 15.2. The maximum Gasteiger partial charge on any atom is 0.335 e. The molecule has 0 spiro atoms. The molecule has 0 fully saturated rings. The molecule has 0 saturated carbocycles. The number of thiazole rings is 1. The second-order valence-electron chi connectivity index (χ2n) is 10.5.